The van der Waals surface area contributed by atoms with E-state index in [4.69, 9.17) is 8.83 Å². The summed E-state index contributed by atoms with van der Waals surface area (Å²) in [6.45, 7) is 9.75. The third kappa shape index (κ3) is 3.87. The summed E-state index contributed by atoms with van der Waals surface area (Å²) in [7, 11) is 1.96. The lowest BCUT2D eigenvalue weighted by molar-refractivity contribution is 0.421. The molecular formula is C15H23N3O2. The van der Waals surface area contributed by atoms with E-state index in [1.165, 1.54) is 0 Å². The maximum atomic E-state index is 5.52. The molecule has 0 aromatic carbocycles. The highest BCUT2D eigenvalue weighted by Crippen LogP contribution is 2.17. The van der Waals surface area contributed by atoms with Gasteiger partial charge < -0.3 is 19.1 Å². The van der Waals surface area contributed by atoms with E-state index in [0.717, 1.165) is 23.6 Å². The first-order valence-electron chi connectivity index (χ1n) is 6.79. The summed E-state index contributed by atoms with van der Waals surface area (Å²) in [6.07, 6.45) is 3.40. The molecule has 1 N–H and O–H groups in total. The van der Waals surface area contributed by atoms with Crippen LogP contribution < -0.4 is 10.2 Å². The third-order valence-electron chi connectivity index (χ3n) is 3.04. The van der Waals surface area contributed by atoms with Gasteiger partial charge in [0.05, 0.1) is 18.5 Å². The van der Waals surface area contributed by atoms with Gasteiger partial charge in [-0.1, -0.05) is 0 Å². The van der Waals surface area contributed by atoms with Crippen LogP contribution in [0, 0.1) is 6.92 Å². The molecule has 20 heavy (non-hydrogen) atoms. The normalized spacial score (nSPS) is 11.8. The number of rotatable bonds is 5. The van der Waals surface area contributed by atoms with Crippen molar-refractivity contribution in [1.29, 1.82) is 0 Å². The molecule has 0 atom stereocenters. The number of anilines is 1. The fraction of sp³-hybridized carbons (Fsp3) is 0.533. The molecule has 0 aliphatic rings. The van der Waals surface area contributed by atoms with E-state index in [0.29, 0.717) is 12.6 Å². The predicted molar refractivity (Wildman–Crippen MR) is 78.6 cm³/mol. The van der Waals surface area contributed by atoms with Crippen LogP contribution in [0.2, 0.25) is 0 Å². The molecule has 2 rings (SSSR count). The Labute approximate surface area is 120 Å². The quantitative estimate of drug-likeness (QED) is 0.910. The number of hydrogen-bond donors (Lipinski definition) is 1. The van der Waals surface area contributed by atoms with E-state index in [1.54, 1.807) is 12.5 Å². The Hall–Kier alpha value is -1.75. The molecule has 5 heteroatoms. The van der Waals surface area contributed by atoms with Crippen LogP contribution in [-0.4, -0.2) is 17.6 Å². The summed E-state index contributed by atoms with van der Waals surface area (Å²) in [4.78, 5) is 6.46. The van der Waals surface area contributed by atoms with Gasteiger partial charge in [0.25, 0.3) is 6.01 Å². The summed E-state index contributed by atoms with van der Waals surface area (Å²) >= 11 is 0. The van der Waals surface area contributed by atoms with Gasteiger partial charge in [0.15, 0.2) is 0 Å². The van der Waals surface area contributed by atoms with Crippen molar-refractivity contribution in [2.45, 2.75) is 46.3 Å². The summed E-state index contributed by atoms with van der Waals surface area (Å²) in [6, 6.07) is 2.59. The second-order valence-electron chi connectivity index (χ2n) is 6.08. The van der Waals surface area contributed by atoms with Crippen LogP contribution in [0.15, 0.2) is 27.4 Å². The second kappa shape index (κ2) is 5.71. The monoisotopic (exact) mass is 277 g/mol. The molecule has 0 unspecified atom stereocenters. The number of furan rings is 1. The third-order valence-corrected chi connectivity index (χ3v) is 3.04. The number of aromatic nitrogens is 1. The van der Waals surface area contributed by atoms with Crippen LogP contribution in [0.4, 0.5) is 6.01 Å². The van der Waals surface area contributed by atoms with Crippen molar-refractivity contribution in [3.63, 3.8) is 0 Å². The lowest BCUT2D eigenvalue weighted by Crippen LogP contribution is -2.35. The molecule has 0 bridgehead atoms. The topological polar surface area (TPSA) is 54.4 Å². The Kier molecular flexibility index (Phi) is 4.18. The highest BCUT2D eigenvalue weighted by atomic mass is 16.4. The first-order valence-corrected chi connectivity index (χ1v) is 6.79. The standard InChI is InChI=1S/C15H23N3O2/c1-11-12(6-7-19-11)9-18(5)14-17-13(10-20-14)8-16-15(2,3)4/h6-7,10,16H,8-9H2,1-5H3. The SMILES string of the molecule is Cc1occc1CN(C)c1nc(CNC(C)(C)C)co1. The van der Waals surface area contributed by atoms with Gasteiger partial charge in [-0.3, -0.25) is 0 Å². The largest absolute Gasteiger partial charge is 0.469 e. The molecule has 0 aliphatic heterocycles. The van der Waals surface area contributed by atoms with Crippen molar-refractivity contribution in [1.82, 2.24) is 10.3 Å². The Morgan fingerprint density at radius 1 is 1.30 bits per heavy atom. The maximum Gasteiger partial charge on any atom is 0.297 e. The second-order valence-corrected chi connectivity index (χ2v) is 6.08. The highest BCUT2D eigenvalue weighted by molar-refractivity contribution is 5.29. The van der Waals surface area contributed by atoms with Crippen LogP contribution in [0.5, 0.6) is 0 Å². The van der Waals surface area contributed by atoms with E-state index >= 15 is 0 Å². The van der Waals surface area contributed by atoms with Crippen LogP contribution in [0.25, 0.3) is 0 Å². The van der Waals surface area contributed by atoms with Gasteiger partial charge in [0.1, 0.15) is 12.0 Å². The smallest absolute Gasteiger partial charge is 0.297 e. The van der Waals surface area contributed by atoms with Crippen molar-refractivity contribution < 1.29 is 8.83 Å². The molecule has 0 radical (unpaired) electrons. The average Bonchev–Trinajstić information content (AvgIpc) is 2.96. The highest BCUT2D eigenvalue weighted by Gasteiger charge is 2.14. The van der Waals surface area contributed by atoms with Crippen molar-refractivity contribution in [2.24, 2.45) is 0 Å². The number of nitrogens with one attached hydrogen (secondary N) is 1. The Bertz CT molecular complexity index is 551. The van der Waals surface area contributed by atoms with Crippen molar-refractivity contribution in [2.75, 3.05) is 11.9 Å². The van der Waals surface area contributed by atoms with Gasteiger partial charge in [-0.25, -0.2) is 0 Å². The van der Waals surface area contributed by atoms with Gasteiger partial charge in [-0.15, -0.1) is 0 Å². The minimum atomic E-state index is 0.0684. The minimum absolute atomic E-state index is 0.0684. The number of oxazole rings is 1. The number of hydrogen-bond acceptors (Lipinski definition) is 5. The molecule has 2 aromatic heterocycles. The van der Waals surface area contributed by atoms with Crippen LogP contribution in [0.1, 0.15) is 37.8 Å². The molecule has 5 nitrogen and oxygen atoms in total. The predicted octanol–water partition coefficient (Wildman–Crippen LogP) is 3.10. The molecule has 0 saturated heterocycles. The lowest BCUT2D eigenvalue weighted by atomic mass is 10.1. The van der Waals surface area contributed by atoms with Crippen molar-refractivity contribution >= 4 is 6.01 Å². The summed E-state index contributed by atoms with van der Waals surface area (Å²) in [5.41, 5.74) is 2.12. The van der Waals surface area contributed by atoms with Crippen molar-refractivity contribution in [3.8, 4) is 0 Å². The summed E-state index contributed by atoms with van der Waals surface area (Å²) in [5, 5.41) is 3.39. The summed E-state index contributed by atoms with van der Waals surface area (Å²) in [5.74, 6) is 0.929. The first kappa shape index (κ1) is 14.7. The van der Waals surface area contributed by atoms with E-state index in [1.807, 2.05) is 24.9 Å². The molecule has 2 heterocycles. The minimum Gasteiger partial charge on any atom is -0.469 e. The van der Waals surface area contributed by atoms with Crippen LogP contribution >= 0.6 is 0 Å². The van der Waals surface area contributed by atoms with Gasteiger partial charge in [-0.05, 0) is 33.8 Å². The van der Waals surface area contributed by atoms with Crippen LogP contribution in [0.3, 0.4) is 0 Å². The van der Waals surface area contributed by atoms with E-state index in [2.05, 4.69) is 31.1 Å². The van der Waals surface area contributed by atoms with Gasteiger partial charge >= 0.3 is 0 Å². The van der Waals surface area contributed by atoms with Gasteiger partial charge in [0.2, 0.25) is 0 Å². The Morgan fingerprint density at radius 2 is 2.05 bits per heavy atom. The molecule has 0 fully saturated rings. The first-order chi connectivity index (χ1) is 9.35. The molecular weight excluding hydrogens is 254 g/mol. The number of nitrogens with zero attached hydrogens (tertiary/aromatic N) is 2. The molecule has 0 spiro atoms. The van der Waals surface area contributed by atoms with Crippen molar-refractivity contribution in [3.05, 3.63) is 35.6 Å². The van der Waals surface area contributed by atoms with Crippen LogP contribution in [-0.2, 0) is 13.1 Å². The Morgan fingerprint density at radius 3 is 2.65 bits per heavy atom. The van der Waals surface area contributed by atoms with E-state index < -0.39 is 0 Å². The number of aryl methyl sites for hydroxylation is 1. The zero-order valence-corrected chi connectivity index (χ0v) is 12.9. The zero-order chi connectivity index (χ0) is 14.8. The van der Waals surface area contributed by atoms with Gasteiger partial charge in [-0.2, -0.15) is 4.98 Å². The molecule has 0 saturated carbocycles. The molecule has 0 amide bonds. The molecule has 2 aromatic rings. The summed E-state index contributed by atoms with van der Waals surface area (Å²) < 4.78 is 10.8. The van der Waals surface area contributed by atoms with Gasteiger partial charge in [0, 0.05) is 24.7 Å². The van der Waals surface area contributed by atoms with E-state index in [9.17, 15) is 0 Å². The fourth-order valence-corrected chi connectivity index (χ4v) is 1.81. The van der Waals surface area contributed by atoms with E-state index in [-0.39, 0.29) is 5.54 Å². The Balaban J connectivity index is 1.96. The molecule has 0 aliphatic carbocycles. The lowest BCUT2D eigenvalue weighted by Gasteiger charge is -2.19. The fourth-order valence-electron chi connectivity index (χ4n) is 1.81. The molecule has 110 valence electrons. The maximum absolute atomic E-state index is 5.52. The average molecular weight is 277 g/mol. The zero-order valence-electron chi connectivity index (χ0n) is 12.9.